The summed E-state index contributed by atoms with van der Waals surface area (Å²) in [4.78, 5) is 2.47. The van der Waals surface area contributed by atoms with Crippen molar-refractivity contribution in [2.24, 2.45) is 11.8 Å². The van der Waals surface area contributed by atoms with Gasteiger partial charge in [-0.3, -0.25) is 4.90 Å². The first-order chi connectivity index (χ1) is 8.22. The van der Waals surface area contributed by atoms with Crippen LogP contribution in [0.4, 0.5) is 0 Å². The molecule has 2 rings (SSSR count). The van der Waals surface area contributed by atoms with Crippen molar-refractivity contribution < 1.29 is 0 Å². The van der Waals surface area contributed by atoms with Gasteiger partial charge in [0.1, 0.15) is 0 Å². The molecule has 1 aliphatic heterocycles. The monoisotopic (exact) mass is 228 g/mol. The highest BCUT2D eigenvalue weighted by Crippen LogP contribution is 2.32. The largest absolute Gasteiger partial charge is 0.295 e. The van der Waals surface area contributed by atoms with E-state index in [4.69, 9.17) is 5.26 Å². The average molecular weight is 228 g/mol. The molecule has 0 bridgehead atoms. The van der Waals surface area contributed by atoms with Crippen molar-refractivity contribution in [3.05, 3.63) is 35.9 Å². The zero-order chi connectivity index (χ0) is 12.3. The zero-order valence-corrected chi connectivity index (χ0v) is 10.6. The van der Waals surface area contributed by atoms with Crippen LogP contribution >= 0.6 is 0 Å². The second-order valence-electron chi connectivity index (χ2n) is 5.20. The van der Waals surface area contributed by atoms with Crippen LogP contribution in [0.2, 0.25) is 0 Å². The highest BCUT2D eigenvalue weighted by molar-refractivity contribution is 5.20. The van der Waals surface area contributed by atoms with E-state index in [1.54, 1.807) is 0 Å². The molecular formula is C15H20N2. The molecule has 0 saturated carbocycles. The van der Waals surface area contributed by atoms with Crippen molar-refractivity contribution in [2.75, 3.05) is 13.1 Å². The lowest BCUT2D eigenvalue weighted by atomic mass is 10.0. The van der Waals surface area contributed by atoms with Crippen molar-refractivity contribution in [3.63, 3.8) is 0 Å². The standard InChI is InChI=1S/C15H20N2/c1-12-10-17(11-13(12)2)15(8-9-16)14-6-4-3-5-7-14/h3-7,12-13,15H,8,10-11H2,1-2H3. The van der Waals surface area contributed by atoms with Gasteiger partial charge in [-0.2, -0.15) is 5.26 Å². The highest BCUT2D eigenvalue weighted by Gasteiger charge is 2.31. The summed E-state index contributed by atoms with van der Waals surface area (Å²) < 4.78 is 0. The SMILES string of the molecule is CC1CN(C(CC#N)c2ccccc2)CC1C. The summed E-state index contributed by atoms with van der Waals surface area (Å²) in [5.41, 5.74) is 1.27. The first-order valence-electron chi connectivity index (χ1n) is 6.38. The predicted molar refractivity (Wildman–Crippen MR) is 69.3 cm³/mol. The number of rotatable bonds is 3. The van der Waals surface area contributed by atoms with Crippen LogP contribution in [0.5, 0.6) is 0 Å². The minimum atomic E-state index is 0.272. The van der Waals surface area contributed by atoms with Gasteiger partial charge in [-0.15, -0.1) is 0 Å². The van der Waals surface area contributed by atoms with Crippen LogP contribution in [0.3, 0.4) is 0 Å². The van der Waals surface area contributed by atoms with Crippen molar-refractivity contribution in [3.8, 4) is 6.07 Å². The molecule has 3 unspecified atom stereocenters. The molecule has 1 aliphatic rings. The Labute approximate surface area is 104 Å². The average Bonchev–Trinajstić information content (AvgIpc) is 2.67. The van der Waals surface area contributed by atoms with Gasteiger partial charge in [0.15, 0.2) is 0 Å². The summed E-state index contributed by atoms with van der Waals surface area (Å²) >= 11 is 0. The normalized spacial score (nSPS) is 26.6. The molecule has 0 N–H and O–H groups in total. The maximum atomic E-state index is 9.01. The molecule has 90 valence electrons. The van der Waals surface area contributed by atoms with E-state index >= 15 is 0 Å². The second kappa shape index (κ2) is 5.33. The molecule has 0 amide bonds. The van der Waals surface area contributed by atoms with Crippen LogP contribution < -0.4 is 0 Å². The Balaban J connectivity index is 2.17. The van der Waals surface area contributed by atoms with Crippen LogP contribution in [0.15, 0.2) is 30.3 Å². The molecule has 1 fully saturated rings. The number of hydrogen-bond donors (Lipinski definition) is 0. The van der Waals surface area contributed by atoms with E-state index in [-0.39, 0.29) is 6.04 Å². The first-order valence-corrected chi connectivity index (χ1v) is 6.38. The molecule has 0 aromatic heterocycles. The summed E-state index contributed by atoms with van der Waals surface area (Å²) in [7, 11) is 0. The van der Waals surface area contributed by atoms with E-state index in [9.17, 15) is 0 Å². The van der Waals surface area contributed by atoms with Crippen molar-refractivity contribution in [1.82, 2.24) is 4.90 Å². The topological polar surface area (TPSA) is 27.0 Å². The summed E-state index contributed by atoms with van der Waals surface area (Å²) in [6.45, 7) is 6.84. The van der Waals surface area contributed by atoms with Gasteiger partial charge in [0.05, 0.1) is 12.5 Å². The quantitative estimate of drug-likeness (QED) is 0.794. The molecule has 2 nitrogen and oxygen atoms in total. The smallest absolute Gasteiger partial charge is 0.0641 e. The fourth-order valence-corrected chi connectivity index (χ4v) is 2.65. The predicted octanol–water partition coefficient (Wildman–Crippen LogP) is 3.23. The number of nitriles is 1. The molecule has 0 spiro atoms. The third kappa shape index (κ3) is 2.68. The molecule has 3 atom stereocenters. The van der Waals surface area contributed by atoms with E-state index in [0.29, 0.717) is 6.42 Å². The number of likely N-dealkylation sites (tertiary alicyclic amines) is 1. The molecule has 1 heterocycles. The van der Waals surface area contributed by atoms with E-state index < -0.39 is 0 Å². The number of hydrogen-bond acceptors (Lipinski definition) is 2. The maximum Gasteiger partial charge on any atom is 0.0641 e. The lowest BCUT2D eigenvalue weighted by molar-refractivity contribution is 0.237. The van der Waals surface area contributed by atoms with E-state index in [1.807, 2.05) is 6.07 Å². The van der Waals surface area contributed by atoms with Gasteiger partial charge in [0, 0.05) is 19.1 Å². The summed E-state index contributed by atoms with van der Waals surface area (Å²) in [6, 6.07) is 13.0. The third-order valence-corrected chi connectivity index (χ3v) is 3.93. The number of benzene rings is 1. The highest BCUT2D eigenvalue weighted by atomic mass is 15.2. The van der Waals surface area contributed by atoms with E-state index in [1.165, 1.54) is 5.56 Å². The molecule has 17 heavy (non-hydrogen) atoms. The van der Waals surface area contributed by atoms with Crippen LogP contribution in [0.25, 0.3) is 0 Å². The number of nitrogens with zero attached hydrogens (tertiary/aromatic N) is 2. The van der Waals surface area contributed by atoms with E-state index in [2.05, 4.69) is 49.1 Å². The zero-order valence-electron chi connectivity index (χ0n) is 10.6. The van der Waals surface area contributed by atoms with Gasteiger partial charge in [0.25, 0.3) is 0 Å². The Morgan fingerprint density at radius 3 is 2.35 bits per heavy atom. The Morgan fingerprint density at radius 2 is 1.82 bits per heavy atom. The Kier molecular flexibility index (Phi) is 3.81. The summed E-state index contributed by atoms with van der Waals surface area (Å²) in [5.74, 6) is 1.47. The third-order valence-electron chi connectivity index (χ3n) is 3.93. The fraction of sp³-hybridized carbons (Fsp3) is 0.533. The Bertz CT molecular complexity index is 383. The lowest BCUT2D eigenvalue weighted by Crippen LogP contribution is -2.26. The first kappa shape index (κ1) is 12.1. The molecule has 0 aliphatic carbocycles. The van der Waals surface area contributed by atoms with Gasteiger partial charge >= 0.3 is 0 Å². The summed E-state index contributed by atoms with van der Waals surface area (Å²) in [6.07, 6.45) is 0.587. The molecule has 1 aromatic carbocycles. The van der Waals surface area contributed by atoms with Gasteiger partial charge in [-0.05, 0) is 17.4 Å². The molecule has 1 saturated heterocycles. The molecule has 1 aromatic rings. The molecular weight excluding hydrogens is 208 g/mol. The van der Waals surface area contributed by atoms with Gasteiger partial charge in [-0.1, -0.05) is 44.2 Å². The van der Waals surface area contributed by atoms with Crippen LogP contribution in [-0.4, -0.2) is 18.0 Å². The van der Waals surface area contributed by atoms with Crippen LogP contribution in [0, 0.1) is 23.2 Å². The van der Waals surface area contributed by atoms with Gasteiger partial charge in [-0.25, -0.2) is 0 Å². The van der Waals surface area contributed by atoms with Crippen molar-refractivity contribution >= 4 is 0 Å². The molecule has 2 heteroatoms. The van der Waals surface area contributed by atoms with Crippen LogP contribution in [-0.2, 0) is 0 Å². The lowest BCUT2D eigenvalue weighted by Gasteiger charge is -2.26. The second-order valence-corrected chi connectivity index (χ2v) is 5.20. The minimum absolute atomic E-state index is 0.272. The fourth-order valence-electron chi connectivity index (χ4n) is 2.65. The van der Waals surface area contributed by atoms with Crippen LogP contribution in [0.1, 0.15) is 31.9 Å². The van der Waals surface area contributed by atoms with Gasteiger partial charge in [0.2, 0.25) is 0 Å². The molecule has 0 radical (unpaired) electrons. The van der Waals surface area contributed by atoms with E-state index in [0.717, 1.165) is 24.9 Å². The van der Waals surface area contributed by atoms with Crippen molar-refractivity contribution in [1.29, 1.82) is 5.26 Å². The van der Waals surface area contributed by atoms with Gasteiger partial charge < -0.3 is 0 Å². The van der Waals surface area contributed by atoms with Crippen molar-refractivity contribution in [2.45, 2.75) is 26.3 Å². The summed E-state index contributed by atoms with van der Waals surface area (Å²) in [5, 5.41) is 9.01. The Morgan fingerprint density at radius 1 is 1.24 bits per heavy atom. The Hall–Kier alpha value is -1.33. The minimum Gasteiger partial charge on any atom is -0.295 e. The maximum absolute atomic E-state index is 9.01.